The van der Waals surface area contributed by atoms with Gasteiger partial charge in [-0.05, 0) is 5.56 Å². The van der Waals surface area contributed by atoms with Gasteiger partial charge in [-0.25, -0.2) is 14.8 Å². The van der Waals surface area contributed by atoms with E-state index < -0.39 is 5.97 Å². The largest absolute Gasteiger partial charge is 0.464 e. The highest BCUT2D eigenvalue weighted by atomic mass is 35.5. The Morgan fingerprint density at radius 2 is 2.05 bits per heavy atom. The highest BCUT2D eigenvalue weighted by Gasteiger charge is 2.17. The molecule has 0 spiro atoms. The van der Waals surface area contributed by atoms with Crippen molar-refractivity contribution in [3.8, 4) is 0 Å². The second-order valence-corrected chi connectivity index (χ2v) is 4.29. The van der Waals surface area contributed by atoms with Crippen molar-refractivity contribution in [1.29, 1.82) is 0 Å². The second kappa shape index (κ2) is 6.21. The number of anilines is 2. The van der Waals surface area contributed by atoms with Crippen molar-refractivity contribution in [3.05, 3.63) is 46.7 Å². The fraction of sp³-hybridized carbons (Fsp3) is 0.154. The average molecular weight is 293 g/mol. The molecule has 0 radical (unpaired) electrons. The lowest BCUT2D eigenvalue weighted by Gasteiger charge is -2.09. The summed E-state index contributed by atoms with van der Waals surface area (Å²) in [5.41, 5.74) is 6.62. The van der Waals surface area contributed by atoms with Crippen LogP contribution in [0, 0.1) is 0 Å². The summed E-state index contributed by atoms with van der Waals surface area (Å²) < 4.78 is 4.54. The predicted molar refractivity (Wildman–Crippen MR) is 76.6 cm³/mol. The number of aromatic nitrogens is 2. The summed E-state index contributed by atoms with van der Waals surface area (Å²) >= 11 is 5.97. The predicted octanol–water partition coefficient (Wildman–Crippen LogP) is 2.11. The monoisotopic (exact) mass is 292 g/mol. The lowest BCUT2D eigenvalue weighted by molar-refractivity contribution is 0.0595. The van der Waals surface area contributed by atoms with Gasteiger partial charge >= 0.3 is 5.97 Å². The normalized spacial score (nSPS) is 10.1. The summed E-state index contributed by atoms with van der Waals surface area (Å²) in [7, 11) is 1.24. The van der Waals surface area contributed by atoms with Crippen LogP contribution >= 0.6 is 11.6 Å². The van der Waals surface area contributed by atoms with Gasteiger partial charge in [-0.2, -0.15) is 0 Å². The van der Waals surface area contributed by atoms with Gasteiger partial charge in [-0.1, -0.05) is 41.9 Å². The van der Waals surface area contributed by atoms with Crippen molar-refractivity contribution < 1.29 is 9.53 Å². The molecule has 0 saturated carbocycles. The Kier molecular flexibility index (Phi) is 4.37. The number of nitrogen functional groups attached to an aromatic ring is 1. The van der Waals surface area contributed by atoms with Crippen molar-refractivity contribution in [3.63, 3.8) is 0 Å². The zero-order valence-corrected chi connectivity index (χ0v) is 11.5. The number of carbonyl (C=O) groups is 1. The number of hydrogen-bond acceptors (Lipinski definition) is 6. The molecule has 1 heterocycles. The fourth-order valence-corrected chi connectivity index (χ4v) is 1.76. The third-order valence-corrected chi connectivity index (χ3v) is 2.83. The molecule has 0 saturated heterocycles. The summed E-state index contributed by atoms with van der Waals surface area (Å²) in [6.07, 6.45) is 0. The van der Waals surface area contributed by atoms with E-state index in [-0.39, 0.29) is 16.7 Å². The summed E-state index contributed by atoms with van der Waals surface area (Å²) in [5, 5.41) is 3.08. The molecule has 104 valence electrons. The van der Waals surface area contributed by atoms with Crippen LogP contribution in [0.15, 0.2) is 30.3 Å². The number of rotatable bonds is 4. The van der Waals surface area contributed by atoms with E-state index in [2.05, 4.69) is 20.0 Å². The van der Waals surface area contributed by atoms with Gasteiger partial charge in [0.15, 0.2) is 22.5 Å². The molecule has 0 amide bonds. The Labute approximate surface area is 120 Å². The number of ether oxygens (including phenoxy) is 1. The number of nitrogens with two attached hydrogens (primary N) is 1. The van der Waals surface area contributed by atoms with E-state index in [0.29, 0.717) is 12.4 Å². The third kappa shape index (κ3) is 3.16. The molecule has 0 aliphatic carbocycles. The number of nitrogens with one attached hydrogen (secondary N) is 1. The first-order chi connectivity index (χ1) is 9.61. The first-order valence-corrected chi connectivity index (χ1v) is 6.18. The van der Waals surface area contributed by atoms with Gasteiger partial charge in [0.25, 0.3) is 0 Å². The molecule has 2 aromatic rings. The lowest BCUT2D eigenvalue weighted by Crippen LogP contribution is -2.13. The smallest absolute Gasteiger partial charge is 0.360 e. The molecule has 6 nitrogen and oxygen atoms in total. The van der Waals surface area contributed by atoms with Crippen LogP contribution in [0.3, 0.4) is 0 Å². The van der Waals surface area contributed by atoms with Crippen molar-refractivity contribution >= 4 is 29.2 Å². The number of hydrogen-bond donors (Lipinski definition) is 2. The molecule has 1 aromatic carbocycles. The maximum atomic E-state index is 11.4. The van der Waals surface area contributed by atoms with E-state index >= 15 is 0 Å². The number of nitrogens with zero attached hydrogens (tertiary/aromatic N) is 2. The number of halogens is 1. The van der Waals surface area contributed by atoms with Gasteiger partial charge in [-0.3, -0.25) is 0 Å². The van der Waals surface area contributed by atoms with Gasteiger partial charge in [0.2, 0.25) is 0 Å². The first-order valence-electron chi connectivity index (χ1n) is 5.81. The highest BCUT2D eigenvalue weighted by molar-refractivity contribution is 6.31. The Hall–Kier alpha value is -2.34. The molecule has 7 heteroatoms. The van der Waals surface area contributed by atoms with E-state index in [1.165, 1.54) is 7.11 Å². The zero-order chi connectivity index (χ0) is 14.5. The van der Waals surface area contributed by atoms with Crippen molar-refractivity contribution in [2.75, 3.05) is 18.2 Å². The van der Waals surface area contributed by atoms with Gasteiger partial charge in [-0.15, -0.1) is 0 Å². The molecule has 0 aliphatic rings. The topological polar surface area (TPSA) is 90.1 Å². The van der Waals surface area contributed by atoms with E-state index in [4.69, 9.17) is 17.3 Å². The van der Waals surface area contributed by atoms with E-state index in [1.54, 1.807) is 0 Å². The highest BCUT2D eigenvalue weighted by Crippen LogP contribution is 2.21. The van der Waals surface area contributed by atoms with Gasteiger partial charge < -0.3 is 15.8 Å². The average Bonchev–Trinajstić information content (AvgIpc) is 2.48. The lowest BCUT2D eigenvalue weighted by atomic mass is 10.2. The zero-order valence-electron chi connectivity index (χ0n) is 10.8. The van der Waals surface area contributed by atoms with Crippen LogP contribution in [0.5, 0.6) is 0 Å². The molecule has 0 fully saturated rings. The molecule has 0 bridgehead atoms. The van der Waals surface area contributed by atoms with Crippen LogP contribution in [-0.4, -0.2) is 23.0 Å². The quantitative estimate of drug-likeness (QED) is 0.839. The van der Waals surface area contributed by atoms with E-state index in [9.17, 15) is 4.79 Å². The number of benzene rings is 1. The van der Waals surface area contributed by atoms with Crippen LogP contribution in [0.2, 0.25) is 5.15 Å². The summed E-state index contributed by atoms with van der Waals surface area (Å²) in [6.45, 7) is 0.520. The minimum absolute atomic E-state index is 0.0307. The molecular formula is C13H13ClN4O2. The summed E-state index contributed by atoms with van der Waals surface area (Å²) in [6, 6.07) is 9.71. The summed E-state index contributed by atoms with van der Waals surface area (Å²) in [4.78, 5) is 19.3. The van der Waals surface area contributed by atoms with Gasteiger partial charge in [0.05, 0.1) is 7.11 Å². The van der Waals surface area contributed by atoms with Crippen molar-refractivity contribution in [2.45, 2.75) is 6.54 Å². The Morgan fingerprint density at radius 3 is 2.70 bits per heavy atom. The summed E-state index contributed by atoms with van der Waals surface area (Å²) in [5.74, 6) is -0.385. The van der Waals surface area contributed by atoms with Gasteiger partial charge in [0.1, 0.15) is 0 Å². The number of esters is 1. The minimum atomic E-state index is -0.675. The minimum Gasteiger partial charge on any atom is -0.464 e. The first kappa shape index (κ1) is 14.1. The van der Waals surface area contributed by atoms with Gasteiger partial charge in [0, 0.05) is 6.54 Å². The van der Waals surface area contributed by atoms with E-state index in [0.717, 1.165) is 5.56 Å². The maximum absolute atomic E-state index is 11.4. The number of methoxy groups -OCH3 is 1. The SMILES string of the molecule is COC(=O)c1nc(Cl)c(NCc2ccccc2)nc1N. The molecule has 2 rings (SSSR count). The Bertz CT molecular complexity index is 619. The molecule has 0 atom stereocenters. The van der Waals surface area contributed by atoms with Crippen molar-refractivity contribution in [1.82, 2.24) is 9.97 Å². The Morgan fingerprint density at radius 1 is 1.35 bits per heavy atom. The van der Waals surface area contributed by atoms with Crippen LogP contribution < -0.4 is 11.1 Å². The Balaban J connectivity index is 2.17. The standard InChI is InChI=1S/C13H13ClN4O2/c1-20-13(19)9-11(15)18-12(10(14)17-9)16-7-8-5-3-2-4-6-8/h2-6H,7H2,1H3,(H3,15,16,18). The molecule has 1 aromatic heterocycles. The van der Waals surface area contributed by atoms with Crippen LogP contribution in [0.1, 0.15) is 16.1 Å². The van der Waals surface area contributed by atoms with Crippen molar-refractivity contribution in [2.24, 2.45) is 0 Å². The van der Waals surface area contributed by atoms with Crippen LogP contribution in [-0.2, 0) is 11.3 Å². The fourth-order valence-electron chi connectivity index (χ4n) is 1.57. The van der Waals surface area contributed by atoms with Crippen LogP contribution in [0.25, 0.3) is 0 Å². The molecule has 0 unspecified atom stereocenters. The number of carbonyl (C=O) groups excluding carboxylic acids is 1. The maximum Gasteiger partial charge on any atom is 0.360 e. The molecular weight excluding hydrogens is 280 g/mol. The second-order valence-electron chi connectivity index (χ2n) is 3.93. The van der Waals surface area contributed by atoms with E-state index in [1.807, 2.05) is 30.3 Å². The third-order valence-electron chi connectivity index (χ3n) is 2.56. The van der Waals surface area contributed by atoms with Crippen LogP contribution in [0.4, 0.5) is 11.6 Å². The molecule has 3 N–H and O–H groups in total. The molecule has 20 heavy (non-hydrogen) atoms. The molecule has 0 aliphatic heterocycles.